The van der Waals surface area contributed by atoms with E-state index in [1.54, 1.807) is 29.1 Å². The number of rotatable bonds is 4. The van der Waals surface area contributed by atoms with E-state index in [-0.39, 0.29) is 22.8 Å². The fourth-order valence-electron chi connectivity index (χ4n) is 3.02. The summed E-state index contributed by atoms with van der Waals surface area (Å²) in [5.41, 5.74) is 1.64. The summed E-state index contributed by atoms with van der Waals surface area (Å²) in [6, 6.07) is 4.90. The van der Waals surface area contributed by atoms with Crippen molar-refractivity contribution < 1.29 is 14.2 Å². The lowest BCUT2D eigenvalue weighted by molar-refractivity contribution is -0.0298. The van der Waals surface area contributed by atoms with Crippen molar-refractivity contribution in [1.29, 1.82) is 0 Å². The molecule has 1 aromatic carbocycles. The number of phenols is 1. The first kappa shape index (κ1) is 17.0. The number of aromatic hydroxyl groups is 1. The molecule has 2 aromatic heterocycles. The lowest BCUT2D eigenvalue weighted by Crippen LogP contribution is -2.18. The van der Waals surface area contributed by atoms with E-state index in [2.05, 4.69) is 20.3 Å². The second-order valence-corrected chi connectivity index (χ2v) is 6.53. The second kappa shape index (κ2) is 7.05. The number of phenolic OH excluding ortho intramolecular Hbond substituents is 1. The maximum absolute atomic E-state index is 14.0. The average Bonchev–Trinajstić information content (AvgIpc) is 3.07. The highest BCUT2D eigenvalue weighted by Gasteiger charge is 2.21. The van der Waals surface area contributed by atoms with Crippen LogP contribution in [0.2, 0.25) is 5.02 Å². The summed E-state index contributed by atoms with van der Waals surface area (Å²) in [6.07, 6.45) is 3.48. The van der Waals surface area contributed by atoms with E-state index >= 15 is 0 Å². The Kier molecular flexibility index (Phi) is 4.60. The number of hydrogen-bond donors (Lipinski definition) is 2. The number of nitrogens with one attached hydrogen (secondary N) is 1. The van der Waals surface area contributed by atoms with Gasteiger partial charge in [-0.2, -0.15) is 14.4 Å². The minimum Gasteiger partial charge on any atom is -0.506 e. The quantitative estimate of drug-likeness (QED) is 0.675. The Morgan fingerprint density at radius 1 is 1.35 bits per heavy atom. The normalized spacial score (nSPS) is 17.5. The summed E-state index contributed by atoms with van der Waals surface area (Å²) in [4.78, 5) is 12.1. The maximum Gasteiger partial charge on any atom is 0.312 e. The molecule has 1 unspecified atom stereocenters. The average molecular weight is 378 g/mol. The Morgan fingerprint density at radius 2 is 2.23 bits per heavy atom. The van der Waals surface area contributed by atoms with Gasteiger partial charge in [-0.1, -0.05) is 17.7 Å². The summed E-state index contributed by atoms with van der Waals surface area (Å²) < 4.78 is 21.5. The molecule has 7 nitrogen and oxygen atoms in total. The van der Waals surface area contributed by atoms with Crippen molar-refractivity contribution in [3.05, 3.63) is 41.2 Å². The molecular weight excluding hydrogens is 361 g/mol. The SMILES string of the molecule is Oc1cc(CNc2nc(F)nc3c2ncn3C2CCCCO2)ccc1Cl. The van der Waals surface area contributed by atoms with Crippen LogP contribution in [-0.2, 0) is 11.3 Å². The topological polar surface area (TPSA) is 85.1 Å². The zero-order chi connectivity index (χ0) is 18.1. The summed E-state index contributed by atoms with van der Waals surface area (Å²) in [7, 11) is 0. The van der Waals surface area contributed by atoms with E-state index in [4.69, 9.17) is 16.3 Å². The standard InChI is InChI=1S/C17H17ClFN5O2/c18-11-5-4-10(7-12(11)25)8-20-15-14-16(23-17(19)22-15)24(9-21-14)13-3-1-2-6-26-13/h4-5,7,9,13,25H,1-3,6,8H2,(H,20,22,23). The van der Waals surface area contributed by atoms with Gasteiger partial charge in [0, 0.05) is 13.2 Å². The Labute approximate surface area is 153 Å². The third-order valence-electron chi connectivity index (χ3n) is 4.33. The van der Waals surface area contributed by atoms with Gasteiger partial charge in [0.1, 0.15) is 12.0 Å². The highest BCUT2D eigenvalue weighted by Crippen LogP contribution is 2.28. The molecule has 4 rings (SSSR count). The molecule has 0 spiro atoms. The molecule has 0 aliphatic carbocycles. The van der Waals surface area contributed by atoms with E-state index in [1.165, 1.54) is 0 Å². The van der Waals surface area contributed by atoms with Gasteiger partial charge in [0.25, 0.3) is 0 Å². The van der Waals surface area contributed by atoms with Crippen molar-refractivity contribution in [3.8, 4) is 5.75 Å². The number of ether oxygens (including phenoxy) is 1. The minimum atomic E-state index is -0.837. The number of hydrogen-bond acceptors (Lipinski definition) is 6. The first-order chi connectivity index (χ1) is 12.6. The molecule has 0 saturated carbocycles. The molecule has 0 amide bonds. The van der Waals surface area contributed by atoms with E-state index in [0.29, 0.717) is 24.3 Å². The van der Waals surface area contributed by atoms with E-state index in [0.717, 1.165) is 24.8 Å². The number of aromatic nitrogens is 4. The van der Waals surface area contributed by atoms with Gasteiger partial charge in [-0.05, 0) is 37.0 Å². The van der Waals surface area contributed by atoms with E-state index < -0.39 is 6.08 Å². The molecule has 9 heteroatoms. The summed E-state index contributed by atoms with van der Waals surface area (Å²) in [6.45, 7) is 0.992. The smallest absolute Gasteiger partial charge is 0.312 e. The van der Waals surface area contributed by atoms with Gasteiger partial charge in [0.15, 0.2) is 17.0 Å². The van der Waals surface area contributed by atoms with Crippen molar-refractivity contribution >= 4 is 28.6 Å². The number of nitrogens with zero attached hydrogens (tertiary/aromatic N) is 4. The van der Waals surface area contributed by atoms with Crippen LogP contribution < -0.4 is 5.32 Å². The molecule has 1 aliphatic rings. The van der Waals surface area contributed by atoms with Crippen LogP contribution in [0.5, 0.6) is 5.75 Å². The largest absolute Gasteiger partial charge is 0.506 e. The van der Waals surface area contributed by atoms with Crippen LogP contribution in [0.4, 0.5) is 10.2 Å². The number of benzene rings is 1. The number of halogens is 2. The van der Waals surface area contributed by atoms with Crippen molar-refractivity contribution in [2.24, 2.45) is 0 Å². The Hall–Kier alpha value is -2.45. The predicted molar refractivity (Wildman–Crippen MR) is 94.6 cm³/mol. The number of imidazole rings is 1. The number of anilines is 1. The molecule has 3 aromatic rings. The Balaban J connectivity index is 1.62. The summed E-state index contributed by atoms with van der Waals surface area (Å²) >= 11 is 5.81. The van der Waals surface area contributed by atoms with Crippen molar-refractivity contribution in [3.63, 3.8) is 0 Å². The van der Waals surface area contributed by atoms with Crippen molar-refractivity contribution in [1.82, 2.24) is 19.5 Å². The Bertz CT molecular complexity index is 942. The molecule has 1 aliphatic heterocycles. The molecule has 1 saturated heterocycles. The fraction of sp³-hybridized carbons (Fsp3) is 0.353. The zero-order valence-corrected chi connectivity index (χ0v) is 14.6. The third kappa shape index (κ3) is 3.30. The van der Waals surface area contributed by atoms with Gasteiger partial charge in [0.2, 0.25) is 0 Å². The van der Waals surface area contributed by atoms with Gasteiger partial charge < -0.3 is 15.2 Å². The van der Waals surface area contributed by atoms with Crippen LogP contribution >= 0.6 is 11.6 Å². The van der Waals surface area contributed by atoms with Crippen LogP contribution in [0, 0.1) is 6.08 Å². The molecule has 3 heterocycles. The minimum absolute atomic E-state index is 0.0105. The molecular formula is C17H17ClFN5O2. The molecule has 1 fully saturated rings. The molecule has 0 radical (unpaired) electrons. The lowest BCUT2D eigenvalue weighted by atomic mass is 10.2. The second-order valence-electron chi connectivity index (χ2n) is 6.13. The van der Waals surface area contributed by atoms with Crippen LogP contribution in [0.25, 0.3) is 11.2 Å². The first-order valence-electron chi connectivity index (χ1n) is 8.35. The van der Waals surface area contributed by atoms with Crippen LogP contribution in [0.3, 0.4) is 0 Å². The zero-order valence-electron chi connectivity index (χ0n) is 13.8. The van der Waals surface area contributed by atoms with Gasteiger partial charge in [0.05, 0.1) is 11.3 Å². The summed E-state index contributed by atoms with van der Waals surface area (Å²) in [5, 5.41) is 13.0. The van der Waals surface area contributed by atoms with Crippen LogP contribution in [0.15, 0.2) is 24.5 Å². The van der Waals surface area contributed by atoms with E-state index in [1.807, 2.05) is 0 Å². The molecule has 2 N–H and O–H groups in total. The molecule has 0 bridgehead atoms. The van der Waals surface area contributed by atoms with Gasteiger partial charge in [-0.15, -0.1) is 0 Å². The summed E-state index contributed by atoms with van der Waals surface area (Å²) in [5.74, 6) is 0.278. The number of fused-ring (bicyclic) bond motifs is 1. The van der Waals surface area contributed by atoms with Gasteiger partial charge in [-0.25, -0.2) is 4.98 Å². The fourth-order valence-corrected chi connectivity index (χ4v) is 3.14. The highest BCUT2D eigenvalue weighted by molar-refractivity contribution is 6.32. The first-order valence-corrected chi connectivity index (χ1v) is 8.72. The van der Waals surface area contributed by atoms with Crippen molar-refractivity contribution in [2.75, 3.05) is 11.9 Å². The van der Waals surface area contributed by atoms with Crippen LogP contribution in [-0.4, -0.2) is 31.2 Å². The van der Waals surface area contributed by atoms with Gasteiger partial charge >= 0.3 is 6.08 Å². The molecule has 26 heavy (non-hydrogen) atoms. The van der Waals surface area contributed by atoms with Crippen LogP contribution in [0.1, 0.15) is 31.1 Å². The lowest BCUT2D eigenvalue weighted by Gasteiger charge is -2.23. The van der Waals surface area contributed by atoms with Crippen molar-refractivity contribution in [2.45, 2.75) is 32.0 Å². The predicted octanol–water partition coefficient (Wildman–Crippen LogP) is 3.64. The highest BCUT2D eigenvalue weighted by atomic mass is 35.5. The van der Waals surface area contributed by atoms with Gasteiger partial charge in [-0.3, -0.25) is 4.57 Å². The molecule has 136 valence electrons. The van der Waals surface area contributed by atoms with E-state index in [9.17, 15) is 9.50 Å². The molecule has 1 atom stereocenters. The third-order valence-corrected chi connectivity index (χ3v) is 4.65. The Morgan fingerprint density at radius 3 is 3.00 bits per heavy atom. The monoisotopic (exact) mass is 377 g/mol. The maximum atomic E-state index is 14.0.